The molecule has 8 nitrogen and oxygen atoms in total. The molecule has 5 atom stereocenters. The van der Waals surface area contributed by atoms with Crippen LogP contribution in [-0.4, -0.2) is 41.8 Å². The molecule has 1 aliphatic heterocycles. The second kappa shape index (κ2) is 7.48. The summed E-state index contributed by atoms with van der Waals surface area (Å²) in [7, 11) is 0. The van der Waals surface area contributed by atoms with Crippen LogP contribution in [0, 0.1) is 11.8 Å². The van der Waals surface area contributed by atoms with Gasteiger partial charge >= 0.3 is 0 Å². The van der Waals surface area contributed by atoms with E-state index < -0.39 is 23.7 Å². The standard InChI is InChI=1S/C15H22N4O4/c1-15(23-9-20)11(7-8-17-19-16)14(22)18-13(15)12(21)10-5-3-2-4-6-10/h3,5,9-13,21H,2,4,6-8H2,1H3,(H,18,22)/t10-,11+,12+,13-,15+/m1/s1. The van der Waals surface area contributed by atoms with E-state index in [2.05, 4.69) is 15.3 Å². The van der Waals surface area contributed by atoms with Crippen molar-refractivity contribution < 1.29 is 19.4 Å². The van der Waals surface area contributed by atoms with Crippen molar-refractivity contribution in [2.75, 3.05) is 6.54 Å². The molecule has 0 aromatic carbocycles. The SMILES string of the molecule is C[C@@]1(OC=O)[C@@H]([C@@H](O)[C@@H]2C=CCCC2)NC(=O)[C@@H]1CCN=[N+]=[N-]. The molecule has 1 amide bonds. The van der Waals surface area contributed by atoms with Gasteiger partial charge in [0.2, 0.25) is 5.91 Å². The van der Waals surface area contributed by atoms with Crippen LogP contribution in [0.3, 0.4) is 0 Å². The number of hydrogen-bond acceptors (Lipinski definition) is 5. The minimum Gasteiger partial charge on any atom is -0.458 e. The third-order valence-corrected chi connectivity index (χ3v) is 4.88. The van der Waals surface area contributed by atoms with Crippen molar-refractivity contribution in [2.24, 2.45) is 17.0 Å². The summed E-state index contributed by atoms with van der Waals surface area (Å²) in [5.74, 6) is -1.05. The van der Waals surface area contributed by atoms with Gasteiger partial charge in [0.1, 0.15) is 5.60 Å². The number of nitrogens with one attached hydrogen (secondary N) is 1. The molecule has 0 spiro atoms. The summed E-state index contributed by atoms with van der Waals surface area (Å²) in [6.07, 6.45) is 6.17. The fourth-order valence-electron chi connectivity index (χ4n) is 3.58. The van der Waals surface area contributed by atoms with Crippen molar-refractivity contribution in [1.82, 2.24) is 5.32 Å². The Morgan fingerprint density at radius 1 is 1.70 bits per heavy atom. The van der Waals surface area contributed by atoms with E-state index in [-0.39, 0.29) is 24.8 Å². The monoisotopic (exact) mass is 322 g/mol. The predicted octanol–water partition coefficient (Wildman–Crippen LogP) is 1.45. The molecule has 2 N–H and O–H groups in total. The predicted molar refractivity (Wildman–Crippen MR) is 82.1 cm³/mol. The van der Waals surface area contributed by atoms with Crippen molar-refractivity contribution in [3.63, 3.8) is 0 Å². The van der Waals surface area contributed by atoms with E-state index in [1.807, 2.05) is 12.2 Å². The van der Waals surface area contributed by atoms with Crippen molar-refractivity contribution in [3.05, 3.63) is 22.6 Å². The normalized spacial score (nSPS) is 34.3. The highest BCUT2D eigenvalue weighted by Crippen LogP contribution is 2.38. The second-order valence-corrected chi connectivity index (χ2v) is 6.19. The van der Waals surface area contributed by atoms with Gasteiger partial charge in [0, 0.05) is 17.4 Å². The highest BCUT2D eigenvalue weighted by molar-refractivity contribution is 5.84. The van der Waals surface area contributed by atoms with Crippen LogP contribution in [-0.2, 0) is 14.3 Å². The molecule has 23 heavy (non-hydrogen) atoms. The Balaban J connectivity index is 2.21. The van der Waals surface area contributed by atoms with Crippen LogP contribution in [0.1, 0.15) is 32.6 Å². The van der Waals surface area contributed by atoms with Crippen molar-refractivity contribution in [1.29, 1.82) is 0 Å². The molecular formula is C15H22N4O4. The Hall–Kier alpha value is -2.05. The van der Waals surface area contributed by atoms with E-state index in [9.17, 15) is 14.7 Å². The molecule has 0 saturated carbocycles. The summed E-state index contributed by atoms with van der Waals surface area (Å²) < 4.78 is 5.25. The van der Waals surface area contributed by atoms with Gasteiger partial charge in [-0.05, 0) is 38.1 Å². The molecule has 1 saturated heterocycles. The zero-order valence-corrected chi connectivity index (χ0v) is 13.1. The van der Waals surface area contributed by atoms with Crippen molar-refractivity contribution in [3.8, 4) is 0 Å². The Bertz CT molecular complexity index is 532. The van der Waals surface area contributed by atoms with E-state index in [1.54, 1.807) is 6.92 Å². The molecule has 0 bridgehead atoms. The highest BCUT2D eigenvalue weighted by atomic mass is 16.5. The van der Waals surface area contributed by atoms with Gasteiger partial charge in [0.25, 0.3) is 6.47 Å². The Kier molecular flexibility index (Phi) is 5.63. The van der Waals surface area contributed by atoms with Crippen LogP contribution < -0.4 is 5.32 Å². The Morgan fingerprint density at radius 3 is 3.09 bits per heavy atom. The van der Waals surface area contributed by atoms with E-state index >= 15 is 0 Å². The molecule has 2 rings (SSSR count). The molecule has 0 unspecified atom stereocenters. The topological polar surface area (TPSA) is 124 Å². The highest BCUT2D eigenvalue weighted by Gasteiger charge is 2.56. The summed E-state index contributed by atoms with van der Waals surface area (Å²) >= 11 is 0. The zero-order valence-electron chi connectivity index (χ0n) is 13.1. The lowest BCUT2D eigenvalue weighted by atomic mass is 9.77. The summed E-state index contributed by atoms with van der Waals surface area (Å²) in [6.45, 7) is 2.07. The maximum absolute atomic E-state index is 12.3. The van der Waals surface area contributed by atoms with E-state index in [4.69, 9.17) is 10.3 Å². The summed E-state index contributed by atoms with van der Waals surface area (Å²) in [5.41, 5.74) is 7.20. The molecule has 0 radical (unpaired) electrons. The summed E-state index contributed by atoms with van der Waals surface area (Å²) in [6, 6.07) is -0.691. The lowest BCUT2D eigenvalue weighted by molar-refractivity contribution is -0.152. The second-order valence-electron chi connectivity index (χ2n) is 6.19. The smallest absolute Gasteiger partial charge is 0.293 e. The number of amides is 1. The van der Waals surface area contributed by atoms with Crippen molar-refractivity contribution in [2.45, 2.75) is 50.4 Å². The molecule has 1 heterocycles. The van der Waals surface area contributed by atoms with E-state index in [0.717, 1.165) is 19.3 Å². The van der Waals surface area contributed by atoms with Crippen LogP contribution in [0.2, 0.25) is 0 Å². The molecular weight excluding hydrogens is 300 g/mol. The number of hydrogen-bond donors (Lipinski definition) is 2. The number of azide groups is 1. The van der Waals surface area contributed by atoms with Gasteiger partial charge in [-0.3, -0.25) is 9.59 Å². The number of carbonyl (C=O) groups excluding carboxylic acids is 2. The van der Waals surface area contributed by atoms with Crippen LogP contribution >= 0.6 is 0 Å². The third kappa shape index (κ3) is 3.48. The molecule has 2 aliphatic rings. The number of ether oxygens (including phenoxy) is 1. The fourth-order valence-corrected chi connectivity index (χ4v) is 3.58. The van der Waals surface area contributed by atoms with Crippen LogP contribution in [0.25, 0.3) is 10.4 Å². The van der Waals surface area contributed by atoms with Crippen LogP contribution in [0.4, 0.5) is 0 Å². The van der Waals surface area contributed by atoms with Gasteiger partial charge in [-0.2, -0.15) is 0 Å². The molecule has 8 heteroatoms. The third-order valence-electron chi connectivity index (χ3n) is 4.88. The maximum atomic E-state index is 12.3. The lowest BCUT2D eigenvalue weighted by Gasteiger charge is -2.37. The van der Waals surface area contributed by atoms with Crippen molar-refractivity contribution >= 4 is 12.4 Å². The van der Waals surface area contributed by atoms with E-state index in [1.165, 1.54) is 0 Å². The Labute approximate surface area is 134 Å². The van der Waals surface area contributed by atoms with E-state index in [0.29, 0.717) is 6.47 Å². The summed E-state index contributed by atoms with van der Waals surface area (Å²) in [4.78, 5) is 25.9. The molecule has 1 aliphatic carbocycles. The van der Waals surface area contributed by atoms with Gasteiger partial charge in [-0.1, -0.05) is 17.3 Å². The molecule has 0 aromatic rings. The fraction of sp³-hybridized carbons (Fsp3) is 0.733. The molecule has 1 fully saturated rings. The van der Waals surface area contributed by atoms with Gasteiger partial charge in [0.05, 0.1) is 18.1 Å². The number of allylic oxidation sites excluding steroid dienone is 1. The first kappa shape index (κ1) is 17.3. The number of aliphatic hydroxyl groups is 1. The number of rotatable bonds is 7. The molecule has 0 aromatic heterocycles. The first-order valence-electron chi connectivity index (χ1n) is 7.82. The van der Waals surface area contributed by atoms with Crippen LogP contribution in [0.15, 0.2) is 17.3 Å². The number of aliphatic hydroxyl groups excluding tert-OH is 1. The average molecular weight is 322 g/mol. The quantitative estimate of drug-likeness (QED) is 0.242. The summed E-state index contributed by atoms with van der Waals surface area (Å²) in [5, 5.41) is 16.9. The van der Waals surface area contributed by atoms with Gasteiger partial charge in [-0.25, -0.2) is 0 Å². The minimum atomic E-state index is -1.17. The molecule has 126 valence electrons. The van der Waals surface area contributed by atoms with Gasteiger partial charge in [0.15, 0.2) is 0 Å². The number of carbonyl (C=O) groups is 2. The van der Waals surface area contributed by atoms with Gasteiger partial charge in [-0.15, -0.1) is 0 Å². The lowest BCUT2D eigenvalue weighted by Crippen LogP contribution is -2.54. The Morgan fingerprint density at radius 2 is 2.48 bits per heavy atom. The van der Waals surface area contributed by atoms with Crippen LogP contribution in [0.5, 0.6) is 0 Å². The van der Waals surface area contributed by atoms with Gasteiger partial charge < -0.3 is 15.2 Å². The minimum absolute atomic E-state index is 0.0838. The number of nitrogens with zero attached hydrogens (tertiary/aromatic N) is 3. The average Bonchev–Trinajstić information content (AvgIpc) is 2.80. The largest absolute Gasteiger partial charge is 0.458 e. The first-order chi connectivity index (χ1) is 11.0. The maximum Gasteiger partial charge on any atom is 0.293 e. The first-order valence-corrected chi connectivity index (χ1v) is 7.82. The zero-order chi connectivity index (χ0) is 16.9.